The van der Waals surface area contributed by atoms with Crippen LogP contribution in [0.3, 0.4) is 0 Å². The Kier molecular flexibility index (Phi) is 2.88. The van der Waals surface area contributed by atoms with Crippen LogP contribution in [-0.2, 0) is 6.54 Å². The highest BCUT2D eigenvalue weighted by atomic mass is 16.2. The van der Waals surface area contributed by atoms with Gasteiger partial charge in [-0.2, -0.15) is 0 Å². The molecule has 7 heteroatoms. The Morgan fingerprint density at radius 3 is 2.91 bits per heavy atom. The van der Waals surface area contributed by atoms with Crippen molar-refractivity contribution in [2.24, 2.45) is 0 Å². The number of nitrogens with two attached hydrogens (primary N) is 1. The van der Waals surface area contributed by atoms with Crippen LogP contribution in [-0.4, -0.2) is 37.1 Å². The minimum atomic E-state index is -0.0387. The Hall–Kier alpha value is -2.44. The number of anilines is 1. The highest BCUT2D eigenvalue weighted by Gasteiger charge is 2.35. The van der Waals surface area contributed by atoms with Crippen molar-refractivity contribution in [3.63, 3.8) is 0 Å². The van der Waals surface area contributed by atoms with E-state index in [1.165, 1.54) is 12.8 Å². The second-order valence-electron chi connectivity index (χ2n) is 6.12. The van der Waals surface area contributed by atoms with Gasteiger partial charge in [-0.3, -0.25) is 4.79 Å². The Morgan fingerprint density at radius 1 is 1.36 bits per heavy atom. The molecule has 0 saturated heterocycles. The smallest absolute Gasteiger partial charge is 0.254 e. The number of carbonyl (C=O) groups excluding carboxylic acids is 1. The fourth-order valence-corrected chi connectivity index (χ4v) is 3.10. The number of fused-ring (bicyclic) bond motifs is 1. The first-order valence-electron chi connectivity index (χ1n) is 7.58. The van der Waals surface area contributed by atoms with Crippen molar-refractivity contribution in [1.29, 1.82) is 0 Å². The van der Waals surface area contributed by atoms with Gasteiger partial charge in [-0.15, -0.1) is 10.2 Å². The average molecular weight is 298 g/mol. The van der Waals surface area contributed by atoms with Gasteiger partial charge >= 0.3 is 0 Å². The summed E-state index contributed by atoms with van der Waals surface area (Å²) >= 11 is 0. The normalized spacial score (nSPS) is 20.8. The summed E-state index contributed by atoms with van der Waals surface area (Å²) in [5.41, 5.74) is 6.23. The first-order valence-corrected chi connectivity index (χ1v) is 7.58. The van der Waals surface area contributed by atoms with Crippen LogP contribution in [0, 0.1) is 0 Å². The van der Waals surface area contributed by atoms with E-state index in [0.717, 1.165) is 11.6 Å². The van der Waals surface area contributed by atoms with E-state index in [2.05, 4.69) is 26.7 Å². The summed E-state index contributed by atoms with van der Waals surface area (Å²) in [5, 5.41) is 8.63. The molecule has 1 fully saturated rings. The largest absolute Gasteiger partial charge is 0.384 e. The summed E-state index contributed by atoms with van der Waals surface area (Å²) < 4.78 is 2.21. The van der Waals surface area contributed by atoms with Crippen molar-refractivity contribution < 1.29 is 4.79 Å². The van der Waals surface area contributed by atoms with Gasteiger partial charge in [0.1, 0.15) is 11.6 Å². The van der Waals surface area contributed by atoms with Gasteiger partial charge in [-0.1, -0.05) is 0 Å². The van der Waals surface area contributed by atoms with E-state index in [1.807, 2.05) is 0 Å². The lowest BCUT2D eigenvalue weighted by Crippen LogP contribution is -2.40. The van der Waals surface area contributed by atoms with E-state index in [0.29, 0.717) is 30.4 Å². The van der Waals surface area contributed by atoms with Crippen LogP contribution >= 0.6 is 0 Å². The summed E-state index contributed by atoms with van der Waals surface area (Å²) in [7, 11) is 0. The molecule has 0 radical (unpaired) electrons. The molecule has 2 aliphatic rings. The second-order valence-corrected chi connectivity index (χ2v) is 6.12. The topological polar surface area (TPSA) is 89.9 Å². The van der Waals surface area contributed by atoms with Crippen molar-refractivity contribution in [1.82, 2.24) is 24.6 Å². The van der Waals surface area contributed by atoms with Crippen LogP contribution in [0.2, 0.25) is 0 Å². The molecule has 4 rings (SSSR count). The van der Waals surface area contributed by atoms with Crippen LogP contribution in [0.1, 0.15) is 53.7 Å². The van der Waals surface area contributed by atoms with E-state index in [4.69, 9.17) is 5.73 Å². The molecule has 1 aliphatic heterocycles. The minimum Gasteiger partial charge on any atom is -0.384 e. The minimum absolute atomic E-state index is 0.0387. The molecule has 2 aromatic heterocycles. The highest BCUT2D eigenvalue weighted by molar-refractivity contribution is 5.94. The maximum absolute atomic E-state index is 12.6. The zero-order valence-electron chi connectivity index (χ0n) is 12.4. The molecule has 1 atom stereocenters. The molecular formula is C15H18N6O. The fourth-order valence-electron chi connectivity index (χ4n) is 3.10. The van der Waals surface area contributed by atoms with Crippen molar-refractivity contribution in [3.8, 4) is 0 Å². The van der Waals surface area contributed by atoms with E-state index in [9.17, 15) is 4.79 Å². The van der Waals surface area contributed by atoms with Crippen molar-refractivity contribution in [2.75, 3.05) is 12.3 Å². The molecule has 2 N–H and O–H groups in total. The lowest BCUT2D eigenvalue weighted by Gasteiger charge is -2.32. The number of hydrogen-bond acceptors (Lipinski definition) is 5. The second kappa shape index (κ2) is 4.79. The summed E-state index contributed by atoms with van der Waals surface area (Å²) in [6, 6.07) is 3.50. The van der Waals surface area contributed by atoms with Crippen molar-refractivity contribution >= 4 is 11.7 Å². The Labute approximate surface area is 128 Å². The summed E-state index contributed by atoms with van der Waals surface area (Å²) in [6.45, 7) is 3.26. The van der Waals surface area contributed by atoms with Crippen molar-refractivity contribution in [3.05, 3.63) is 35.5 Å². The number of nitrogen functional groups attached to an aromatic ring is 1. The number of amides is 1. The molecular weight excluding hydrogens is 280 g/mol. The number of hydrogen-bond donors (Lipinski definition) is 1. The van der Waals surface area contributed by atoms with Crippen LogP contribution in [0.25, 0.3) is 0 Å². The van der Waals surface area contributed by atoms with Crippen LogP contribution in [0.4, 0.5) is 5.82 Å². The van der Waals surface area contributed by atoms with Gasteiger partial charge in [0.05, 0.1) is 12.6 Å². The molecule has 2 aromatic rings. The van der Waals surface area contributed by atoms with E-state index in [1.54, 1.807) is 23.2 Å². The Balaban J connectivity index is 1.61. The summed E-state index contributed by atoms with van der Waals surface area (Å²) in [4.78, 5) is 18.4. The number of carbonyl (C=O) groups is 1. The zero-order valence-corrected chi connectivity index (χ0v) is 12.4. The quantitative estimate of drug-likeness (QED) is 0.904. The van der Waals surface area contributed by atoms with Crippen LogP contribution in [0.5, 0.6) is 0 Å². The third kappa shape index (κ3) is 2.13. The molecule has 7 nitrogen and oxygen atoms in total. The Bertz CT molecular complexity index is 735. The van der Waals surface area contributed by atoms with Gasteiger partial charge in [0.25, 0.3) is 5.91 Å². The van der Waals surface area contributed by atoms with E-state index < -0.39 is 0 Å². The predicted molar refractivity (Wildman–Crippen MR) is 80.1 cm³/mol. The molecule has 1 aliphatic carbocycles. The predicted octanol–water partition coefficient (Wildman–Crippen LogP) is 1.35. The third-order valence-corrected chi connectivity index (χ3v) is 4.31. The molecule has 1 saturated carbocycles. The maximum atomic E-state index is 12.6. The number of rotatable bonds is 2. The van der Waals surface area contributed by atoms with Gasteiger partial charge in [0.15, 0.2) is 5.82 Å². The van der Waals surface area contributed by atoms with Gasteiger partial charge in [0.2, 0.25) is 0 Å². The molecule has 1 amide bonds. The standard InChI is InChI=1S/C15H18N6O/c1-9-7-20(15(22)11-4-5-17-12(16)6-11)8-13-18-19-14(21(9)13)10-2-3-10/h4-6,9-10H,2-3,7-8H2,1H3,(H2,16,17)/t9-/m0/s1. The molecule has 0 bridgehead atoms. The SMILES string of the molecule is C[C@H]1CN(C(=O)c2ccnc(N)c2)Cc2nnc(C3CC3)n21. The number of pyridine rings is 1. The lowest BCUT2D eigenvalue weighted by atomic mass is 10.1. The monoisotopic (exact) mass is 298 g/mol. The van der Waals surface area contributed by atoms with E-state index >= 15 is 0 Å². The highest BCUT2D eigenvalue weighted by Crippen LogP contribution is 2.41. The van der Waals surface area contributed by atoms with Gasteiger partial charge < -0.3 is 15.2 Å². The van der Waals surface area contributed by atoms with Gasteiger partial charge in [0, 0.05) is 24.2 Å². The van der Waals surface area contributed by atoms with E-state index in [-0.39, 0.29) is 11.9 Å². The summed E-state index contributed by atoms with van der Waals surface area (Å²) in [6.07, 6.45) is 3.96. The summed E-state index contributed by atoms with van der Waals surface area (Å²) in [5.74, 6) is 2.84. The lowest BCUT2D eigenvalue weighted by molar-refractivity contribution is 0.0679. The fraction of sp³-hybridized carbons (Fsp3) is 0.467. The van der Waals surface area contributed by atoms with Crippen molar-refractivity contribution in [2.45, 2.75) is 38.3 Å². The number of nitrogens with zero attached hydrogens (tertiary/aromatic N) is 5. The Morgan fingerprint density at radius 2 is 2.18 bits per heavy atom. The molecule has 3 heterocycles. The third-order valence-electron chi connectivity index (χ3n) is 4.31. The molecule has 0 spiro atoms. The first-order chi connectivity index (χ1) is 10.6. The number of aromatic nitrogens is 4. The average Bonchev–Trinajstić information content (AvgIpc) is 3.26. The van der Waals surface area contributed by atoms with Crippen LogP contribution in [0.15, 0.2) is 18.3 Å². The molecule has 0 aromatic carbocycles. The molecule has 0 unspecified atom stereocenters. The zero-order chi connectivity index (χ0) is 15.3. The van der Waals surface area contributed by atoms with Crippen LogP contribution < -0.4 is 5.73 Å². The maximum Gasteiger partial charge on any atom is 0.254 e. The molecule has 22 heavy (non-hydrogen) atoms. The van der Waals surface area contributed by atoms with Gasteiger partial charge in [-0.25, -0.2) is 4.98 Å². The molecule has 114 valence electrons. The van der Waals surface area contributed by atoms with Gasteiger partial charge in [-0.05, 0) is 31.9 Å². The first kappa shape index (κ1) is 13.2.